The van der Waals surface area contributed by atoms with Crippen LogP contribution in [0.3, 0.4) is 0 Å². The van der Waals surface area contributed by atoms with Crippen LogP contribution in [0.5, 0.6) is 0 Å². The minimum absolute atomic E-state index is 0.0482. The molecule has 0 fully saturated rings. The summed E-state index contributed by atoms with van der Waals surface area (Å²) in [5.41, 5.74) is 4.31. The third kappa shape index (κ3) is 3.15. The summed E-state index contributed by atoms with van der Waals surface area (Å²) in [5, 5.41) is 17.4. The van der Waals surface area contributed by atoms with Gasteiger partial charge in [-0.25, -0.2) is 0 Å². The number of benzene rings is 1. The van der Waals surface area contributed by atoms with Crippen molar-refractivity contribution < 1.29 is 5.11 Å². The highest BCUT2D eigenvalue weighted by Crippen LogP contribution is 2.22. The normalized spacial score (nSPS) is 12.4. The van der Waals surface area contributed by atoms with Crippen LogP contribution in [-0.4, -0.2) is 21.5 Å². The molecule has 1 aromatic carbocycles. The molecular weight excluding hydrogens is 238 g/mol. The third-order valence-electron chi connectivity index (χ3n) is 3.19. The van der Waals surface area contributed by atoms with Crippen molar-refractivity contribution in [3.8, 4) is 0 Å². The number of aryl methyl sites for hydroxylation is 3. The molecule has 4 nitrogen and oxygen atoms in total. The molecule has 0 spiro atoms. The first-order valence-electron chi connectivity index (χ1n) is 6.60. The molecule has 0 bridgehead atoms. The van der Waals surface area contributed by atoms with Gasteiger partial charge in [-0.15, -0.1) is 0 Å². The number of aliphatic hydroxyl groups excluding tert-OH is 1. The largest absolute Gasteiger partial charge is 0.394 e. The fraction of sp³-hybridized carbons (Fsp3) is 0.400. The lowest BCUT2D eigenvalue weighted by Crippen LogP contribution is -2.15. The van der Waals surface area contributed by atoms with Crippen molar-refractivity contribution in [2.24, 2.45) is 7.05 Å². The van der Waals surface area contributed by atoms with Crippen LogP contribution >= 0.6 is 0 Å². The molecule has 2 aromatic rings. The number of nitrogens with zero attached hydrogens (tertiary/aromatic N) is 2. The molecule has 1 heterocycles. The van der Waals surface area contributed by atoms with E-state index in [0.717, 1.165) is 23.4 Å². The number of aromatic nitrogens is 2. The number of anilines is 1. The van der Waals surface area contributed by atoms with Gasteiger partial charge in [0.1, 0.15) is 0 Å². The number of rotatable bonds is 5. The van der Waals surface area contributed by atoms with Crippen molar-refractivity contribution in [1.82, 2.24) is 9.78 Å². The van der Waals surface area contributed by atoms with Crippen LogP contribution in [0.4, 0.5) is 5.69 Å². The van der Waals surface area contributed by atoms with Crippen LogP contribution in [0.25, 0.3) is 0 Å². The van der Waals surface area contributed by atoms with Crippen LogP contribution in [0.2, 0.25) is 0 Å². The number of aliphatic hydroxyl groups is 1. The fourth-order valence-corrected chi connectivity index (χ4v) is 2.28. The van der Waals surface area contributed by atoms with Gasteiger partial charge in [-0.3, -0.25) is 4.68 Å². The maximum absolute atomic E-state index is 9.64. The SMILES string of the molecule is CCc1nn(C)cc1C(CO)Nc1cccc(C)c1. The molecular formula is C15H21N3O. The van der Waals surface area contributed by atoms with Crippen molar-refractivity contribution in [2.75, 3.05) is 11.9 Å². The lowest BCUT2D eigenvalue weighted by molar-refractivity contribution is 0.276. The second kappa shape index (κ2) is 5.89. The van der Waals surface area contributed by atoms with E-state index in [-0.39, 0.29) is 12.6 Å². The summed E-state index contributed by atoms with van der Waals surface area (Å²) in [7, 11) is 1.91. The highest BCUT2D eigenvalue weighted by molar-refractivity contribution is 5.47. The minimum atomic E-state index is -0.120. The van der Waals surface area contributed by atoms with Crippen molar-refractivity contribution in [2.45, 2.75) is 26.3 Å². The van der Waals surface area contributed by atoms with E-state index in [9.17, 15) is 5.11 Å². The molecule has 0 aliphatic carbocycles. The van der Waals surface area contributed by atoms with Crippen molar-refractivity contribution >= 4 is 5.69 Å². The Morgan fingerprint density at radius 3 is 2.84 bits per heavy atom. The molecule has 2 N–H and O–H groups in total. The number of hydrogen-bond donors (Lipinski definition) is 2. The van der Waals surface area contributed by atoms with E-state index < -0.39 is 0 Å². The Kier molecular flexibility index (Phi) is 4.22. The summed E-state index contributed by atoms with van der Waals surface area (Å²) in [6.07, 6.45) is 2.84. The maximum Gasteiger partial charge on any atom is 0.0778 e. The van der Waals surface area contributed by atoms with Gasteiger partial charge in [0, 0.05) is 24.5 Å². The summed E-state index contributed by atoms with van der Waals surface area (Å²) in [6, 6.07) is 8.03. The summed E-state index contributed by atoms with van der Waals surface area (Å²) in [5.74, 6) is 0. The Hall–Kier alpha value is -1.81. The molecule has 1 atom stereocenters. The first kappa shape index (κ1) is 13.6. The van der Waals surface area contributed by atoms with E-state index in [4.69, 9.17) is 0 Å². The summed E-state index contributed by atoms with van der Waals surface area (Å²) < 4.78 is 1.80. The molecule has 0 radical (unpaired) electrons. The molecule has 1 aromatic heterocycles. The number of nitrogens with one attached hydrogen (secondary N) is 1. The van der Waals surface area contributed by atoms with E-state index in [1.807, 2.05) is 25.4 Å². The number of hydrogen-bond acceptors (Lipinski definition) is 3. The van der Waals surface area contributed by atoms with E-state index in [1.54, 1.807) is 4.68 Å². The van der Waals surface area contributed by atoms with Gasteiger partial charge in [-0.1, -0.05) is 19.1 Å². The lowest BCUT2D eigenvalue weighted by Gasteiger charge is -2.17. The Morgan fingerprint density at radius 2 is 2.21 bits per heavy atom. The van der Waals surface area contributed by atoms with Gasteiger partial charge in [-0.05, 0) is 31.0 Å². The second-order valence-electron chi connectivity index (χ2n) is 4.81. The van der Waals surface area contributed by atoms with Gasteiger partial charge in [0.15, 0.2) is 0 Å². The zero-order valence-electron chi connectivity index (χ0n) is 11.7. The van der Waals surface area contributed by atoms with Crippen LogP contribution in [0.15, 0.2) is 30.5 Å². The lowest BCUT2D eigenvalue weighted by atomic mass is 10.1. The predicted molar refractivity (Wildman–Crippen MR) is 77.2 cm³/mol. The molecule has 0 saturated heterocycles. The molecule has 102 valence electrons. The van der Waals surface area contributed by atoms with Gasteiger partial charge < -0.3 is 10.4 Å². The first-order chi connectivity index (χ1) is 9.13. The zero-order chi connectivity index (χ0) is 13.8. The molecule has 1 unspecified atom stereocenters. The molecule has 0 amide bonds. The Labute approximate surface area is 114 Å². The zero-order valence-corrected chi connectivity index (χ0v) is 11.7. The van der Waals surface area contributed by atoms with Crippen molar-refractivity contribution in [3.63, 3.8) is 0 Å². The third-order valence-corrected chi connectivity index (χ3v) is 3.19. The molecule has 0 saturated carbocycles. The minimum Gasteiger partial charge on any atom is -0.394 e. The first-order valence-corrected chi connectivity index (χ1v) is 6.60. The van der Waals surface area contributed by atoms with Gasteiger partial charge in [0.05, 0.1) is 18.3 Å². The van der Waals surface area contributed by atoms with Gasteiger partial charge in [0.2, 0.25) is 0 Å². The fourth-order valence-electron chi connectivity index (χ4n) is 2.28. The highest BCUT2D eigenvalue weighted by Gasteiger charge is 2.16. The molecule has 4 heteroatoms. The topological polar surface area (TPSA) is 50.1 Å². The van der Waals surface area contributed by atoms with Gasteiger partial charge in [0.25, 0.3) is 0 Å². The summed E-state index contributed by atoms with van der Waals surface area (Å²) >= 11 is 0. The van der Waals surface area contributed by atoms with Crippen molar-refractivity contribution in [3.05, 3.63) is 47.3 Å². The Bertz CT molecular complexity index is 548. The average molecular weight is 259 g/mol. The second-order valence-corrected chi connectivity index (χ2v) is 4.81. The van der Waals surface area contributed by atoms with Crippen molar-refractivity contribution in [1.29, 1.82) is 0 Å². The summed E-state index contributed by atoms with van der Waals surface area (Å²) in [6.45, 7) is 4.18. The Morgan fingerprint density at radius 1 is 1.42 bits per heavy atom. The predicted octanol–water partition coefficient (Wildman–Crippen LogP) is 2.44. The Balaban J connectivity index is 2.24. The van der Waals surface area contributed by atoms with E-state index in [2.05, 4.69) is 36.4 Å². The average Bonchev–Trinajstić information content (AvgIpc) is 2.77. The quantitative estimate of drug-likeness (QED) is 0.867. The van der Waals surface area contributed by atoms with E-state index in [0.29, 0.717) is 0 Å². The molecule has 0 aliphatic heterocycles. The van der Waals surface area contributed by atoms with Crippen LogP contribution in [-0.2, 0) is 13.5 Å². The highest BCUT2D eigenvalue weighted by atomic mass is 16.3. The van der Waals surface area contributed by atoms with Crippen LogP contribution in [0.1, 0.15) is 29.8 Å². The van der Waals surface area contributed by atoms with Crippen LogP contribution < -0.4 is 5.32 Å². The standard InChI is InChI=1S/C15H21N3O/c1-4-14-13(9-18(3)17-14)15(10-19)16-12-7-5-6-11(2)8-12/h5-9,15-16,19H,4,10H2,1-3H3. The van der Waals surface area contributed by atoms with E-state index in [1.165, 1.54) is 5.56 Å². The van der Waals surface area contributed by atoms with Gasteiger partial charge >= 0.3 is 0 Å². The van der Waals surface area contributed by atoms with Gasteiger partial charge in [-0.2, -0.15) is 5.10 Å². The summed E-state index contributed by atoms with van der Waals surface area (Å²) in [4.78, 5) is 0. The molecule has 19 heavy (non-hydrogen) atoms. The molecule has 2 rings (SSSR count). The maximum atomic E-state index is 9.64. The monoisotopic (exact) mass is 259 g/mol. The smallest absolute Gasteiger partial charge is 0.0778 e. The molecule has 0 aliphatic rings. The van der Waals surface area contributed by atoms with Crippen LogP contribution in [0, 0.1) is 6.92 Å². The van der Waals surface area contributed by atoms with E-state index >= 15 is 0 Å².